The first-order chi connectivity index (χ1) is 21.8. The van der Waals surface area contributed by atoms with Gasteiger partial charge in [0, 0.05) is 17.5 Å². The molecule has 4 nitrogen and oxygen atoms in total. The first-order valence-corrected chi connectivity index (χ1v) is 18.0. The van der Waals surface area contributed by atoms with E-state index in [9.17, 15) is 9.90 Å². The van der Waals surface area contributed by atoms with Crippen molar-refractivity contribution < 1.29 is 9.90 Å². The van der Waals surface area contributed by atoms with Crippen molar-refractivity contribution in [3.8, 4) is 0 Å². The van der Waals surface area contributed by atoms with Gasteiger partial charge in [0.2, 0.25) is 0 Å². The van der Waals surface area contributed by atoms with Gasteiger partial charge in [-0.05, 0) is 109 Å². The summed E-state index contributed by atoms with van der Waals surface area (Å²) in [4.78, 5) is 23.7. The van der Waals surface area contributed by atoms with E-state index >= 15 is 0 Å². The van der Waals surface area contributed by atoms with E-state index in [0.29, 0.717) is 23.4 Å². The maximum absolute atomic E-state index is 13.9. The van der Waals surface area contributed by atoms with Crippen molar-refractivity contribution >= 4 is 34.7 Å². The molecular weight excluding hydrogens is 573 g/mol. The largest absolute Gasteiger partial charge is 0.393 e. The normalized spacial score (nSPS) is 35.6. The molecule has 232 valence electrons. The third-order valence-electron chi connectivity index (χ3n) is 12.6. The van der Waals surface area contributed by atoms with Gasteiger partial charge in [0.25, 0.3) is 0 Å². The van der Waals surface area contributed by atoms with Crippen LogP contribution in [0.2, 0.25) is 0 Å². The number of aliphatic hydroxyl groups excluding tert-OH is 1. The van der Waals surface area contributed by atoms with Crippen LogP contribution in [0.5, 0.6) is 0 Å². The number of aliphatic hydroxyl groups is 1. The van der Waals surface area contributed by atoms with Gasteiger partial charge >= 0.3 is 0 Å². The summed E-state index contributed by atoms with van der Waals surface area (Å²) in [5, 5.41) is 14.1. The first-order valence-electron chi connectivity index (χ1n) is 17.0. The minimum atomic E-state index is -0.393. The van der Waals surface area contributed by atoms with Gasteiger partial charge in [0.05, 0.1) is 28.4 Å². The lowest BCUT2D eigenvalue weighted by Gasteiger charge is -2.60. The Kier molecular flexibility index (Phi) is 7.41. The zero-order valence-electron chi connectivity index (χ0n) is 26.5. The Bertz CT molecular complexity index is 1730. The van der Waals surface area contributed by atoms with Gasteiger partial charge in [-0.1, -0.05) is 91.9 Å². The van der Waals surface area contributed by atoms with Crippen LogP contribution in [-0.2, 0) is 4.79 Å². The third-order valence-corrected chi connectivity index (χ3v) is 13.5. The highest BCUT2D eigenvalue weighted by Crippen LogP contribution is 2.67. The van der Waals surface area contributed by atoms with Crippen molar-refractivity contribution in [3.63, 3.8) is 0 Å². The monoisotopic (exact) mass is 616 g/mol. The average Bonchev–Trinajstić information content (AvgIpc) is 3.26. The number of hydrogen-bond donors (Lipinski definition) is 1. The Hall–Kier alpha value is -3.02. The van der Waals surface area contributed by atoms with Gasteiger partial charge < -0.3 is 5.11 Å². The second-order valence-electron chi connectivity index (χ2n) is 14.9. The quantitative estimate of drug-likeness (QED) is 0.291. The summed E-state index contributed by atoms with van der Waals surface area (Å²) >= 11 is 1.57. The highest BCUT2D eigenvalue weighted by molar-refractivity contribution is 7.99. The Morgan fingerprint density at radius 1 is 0.933 bits per heavy atom. The fourth-order valence-corrected chi connectivity index (χ4v) is 11.3. The Morgan fingerprint density at radius 3 is 2.62 bits per heavy atom. The Balaban J connectivity index is 0.995. The summed E-state index contributed by atoms with van der Waals surface area (Å²) in [5.74, 6) is 1.98. The standard InChI is InChI=1S/C40H44N2O2S/c1-39-21-28-23-41-33(25-8-4-3-5-9-25)18-12-27(28)20-29(39)14-15-30-31-16-17-32(40(31,2)22-35(43)38(30)39)36(44)24-45-37-19-13-26-10-6-7-11-34(26)42-37/h3-11,13,19-20,23,30-33,35,38,43H,12,14-18,21-22,24H2,1-2H3. The molecule has 1 N–H and O–H groups in total. The van der Waals surface area contributed by atoms with E-state index in [2.05, 4.69) is 68.6 Å². The molecule has 0 amide bonds. The number of aromatic nitrogens is 1. The van der Waals surface area contributed by atoms with Crippen LogP contribution in [-0.4, -0.2) is 33.9 Å². The molecule has 3 fully saturated rings. The molecule has 2 aromatic carbocycles. The number of carbonyl (C=O) groups excluding carboxylic acids is 1. The van der Waals surface area contributed by atoms with Crippen LogP contribution in [0.25, 0.3) is 10.9 Å². The predicted molar refractivity (Wildman–Crippen MR) is 183 cm³/mol. The van der Waals surface area contributed by atoms with E-state index < -0.39 is 6.10 Å². The number of para-hydroxylation sites is 1. The maximum atomic E-state index is 13.9. The van der Waals surface area contributed by atoms with E-state index in [4.69, 9.17) is 9.98 Å². The van der Waals surface area contributed by atoms with Gasteiger partial charge in [0.15, 0.2) is 0 Å². The van der Waals surface area contributed by atoms with Crippen LogP contribution >= 0.6 is 11.8 Å². The van der Waals surface area contributed by atoms with Crippen molar-refractivity contribution in [1.82, 2.24) is 4.98 Å². The van der Waals surface area contributed by atoms with E-state index in [1.807, 2.05) is 24.3 Å². The number of carbonyl (C=O) groups is 1. The lowest BCUT2D eigenvalue weighted by atomic mass is 9.45. The van der Waals surface area contributed by atoms with Crippen molar-refractivity contribution in [2.24, 2.45) is 39.5 Å². The van der Waals surface area contributed by atoms with Crippen LogP contribution in [0.1, 0.15) is 76.8 Å². The Morgan fingerprint density at radius 2 is 1.76 bits per heavy atom. The molecule has 8 rings (SSSR count). The number of nitrogens with zero attached hydrogens (tertiary/aromatic N) is 2. The average molecular weight is 617 g/mol. The summed E-state index contributed by atoms with van der Waals surface area (Å²) < 4.78 is 0. The van der Waals surface area contributed by atoms with Crippen LogP contribution in [0.3, 0.4) is 0 Å². The fourth-order valence-electron chi connectivity index (χ4n) is 10.5. The predicted octanol–water partition coefficient (Wildman–Crippen LogP) is 8.96. The third kappa shape index (κ3) is 4.97. The minimum Gasteiger partial charge on any atom is -0.393 e. The van der Waals surface area contributed by atoms with E-state index in [1.54, 1.807) is 17.3 Å². The molecule has 3 aromatic rings. The summed E-state index contributed by atoms with van der Waals surface area (Å²) in [6, 6.07) is 23.2. The first kappa shape index (κ1) is 29.4. The molecule has 3 saturated carbocycles. The zero-order valence-corrected chi connectivity index (χ0v) is 27.3. The number of fused-ring (bicyclic) bond motifs is 6. The van der Waals surface area contributed by atoms with Gasteiger partial charge in [-0.3, -0.25) is 9.79 Å². The van der Waals surface area contributed by atoms with E-state index in [0.717, 1.165) is 67.3 Å². The van der Waals surface area contributed by atoms with Crippen molar-refractivity contribution in [2.45, 2.75) is 82.4 Å². The molecule has 1 aliphatic heterocycles. The summed E-state index contributed by atoms with van der Waals surface area (Å²) in [7, 11) is 0. The summed E-state index contributed by atoms with van der Waals surface area (Å²) in [6.45, 7) is 4.77. The molecule has 0 bridgehead atoms. The molecule has 8 unspecified atom stereocenters. The molecule has 5 aliphatic rings. The zero-order chi connectivity index (χ0) is 30.8. The molecule has 0 spiro atoms. The smallest absolute Gasteiger partial charge is 0.146 e. The molecule has 8 atom stereocenters. The second kappa shape index (κ2) is 11.3. The van der Waals surface area contributed by atoms with Crippen LogP contribution in [0.15, 0.2) is 99.5 Å². The Labute approximate surface area is 271 Å². The van der Waals surface area contributed by atoms with Crippen molar-refractivity contribution in [2.75, 3.05) is 5.75 Å². The molecule has 2 heterocycles. The number of Topliss-reactive ketones (excluding diaryl/α,β-unsaturated/α-hetero) is 1. The van der Waals surface area contributed by atoms with Gasteiger partial charge in [0.1, 0.15) is 5.78 Å². The van der Waals surface area contributed by atoms with Crippen molar-refractivity contribution in [3.05, 3.63) is 95.1 Å². The van der Waals surface area contributed by atoms with Gasteiger partial charge in [-0.25, -0.2) is 4.98 Å². The maximum Gasteiger partial charge on any atom is 0.146 e. The molecule has 0 radical (unpaired) electrons. The lowest BCUT2D eigenvalue weighted by Crippen LogP contribution is -2.57. The van der Waals surface area contributed by atoms with Crippen LogP contribution < -0.4 is 0 Å². The van der Waals surface area contributed by atoms with Crippen LogP contribution in [0, 0.1) is 34.5 Å². The molecule has 45 heavy (non-hydrogen) atoms. The number of hydrogen-bond acceptors (Lipinski definition) is 5. The van der Waals surface area contributed by atoms with Gasteiger partial charge in [-0.2, -0.15) is 0 Å². The van der Waals surface area contributed by atoms with E-state index in [-0.39, 0.29) is 28.7 Å². The molecule has 5 heteroatoms. The molecule has 4 aliphatic carbocycles. The van der Waals surface area contributed by atoms with Crippen LogP contribution in [0.4, 0.5) is 0 Å². The minimum absolute atomic E-state index is 0.0142. The number of thioether (sulfide) groups is 1. The highest BCUT2D eigenvalue weighted by Gasteiger charge is 2.63. The number of allylic oxidation sites excluding steroid dienone is 4. The van der Waals surface area contributed by atoms with Gasteiger partial charge in [-0.15, -0.1) is 0 Å². The number of aliphatic imine (C=N–C) groups is 1. The lowest BCUT2D eigenvalue weighted by molar-refractivity contribution is -0.140. The molecule has 0 saturated heterocycles. The molecule has 1 aromatic heterocycles. The van der Waals surface area contributed by atoms with Crippen molar-refractivity contribution in [1.29, 1.82) is 0 Å². The second-order valence-corrected chi connectivity index (χ2v) is 15.9. The SMILES string of the molecule is CC12CC3=C(C=C1CCC1C2C(O)CC2(C)C(C(=O)CSc4ccc5ccccc5n4)CCC12)CCC(c1ccccc1)N=C3. The number of ketones is 1. The summed E-state index contributed by atoms with van der Waals surface area (Å²) in [6.07, 6.45) is 12.4. The number of pyridine rings is 1. The summed E-state index contributed by atoms with van der Waals surface area (Å²) in [5.41, 5.74) is 6.45. The number of benzene rings is 2. The molecular formula is C40H44N2O2S. The van der Waals surface area contributed by atoms with E-state index in [1.165, 1.54) is 16.7 Å². The fraction of sp³-hybridized carbons (Fsp3) is 0.475. The number of rotatable bonds is 5. The highest BCUT2D eigenvalue weighted by atomic mass is 32.2. The topological polar surface area (TPSA) is 62.5 Å².